The minimum atomic E-state index is -0.156. The van der Waals surface area contributed by atoms with Crippen molar-refractivity contribution >= 4 is 11.6 Å². The molecule has 0 saturated heterocycles. The molecule has 2 aromatic heterocycles. The number of aromatic nitrogens is 3. The highest BCUT2D eigenvalue weighted by molar-refractivity contribution is 5.92. The van der Waals surface area contributed by atoms with E-state index in [0.29, 0.717) is 12.2 Å². The first-order chi connectivity index (χ1) is 9.69. The highest BCUT2D eigenvalue weighted by Gasteiger charge is 2.06. The van der Waals surface area contributed by atoms with Crippen LogP contribution in [0.3, 0.4) is 0 Å². The van der Waals surface area contributed by atoms with E-state index in [-0.39, 0.29) is 5.91 Å². The van der Waals surface area contributed by atoms with E-state index in [2.05, 4.69) is 20.7 Å². The average Bonchev–Trinajstić information content (AvgIpc) is 2.85. The molecule has 0 atom stereocenters. The van der Waals surface area contributed by atoms with E-state index < -0.39 is 0 Å². The number of rotatable bonds is 6. The van der Waals surface area contributed by atoms with Gasteiger partial charge in [-0.15, -0.1) is 0 Å². The topological polar surface area (TPSA) is 71.8 Å². The summed E-state index contributed by atoms with van der Waals surface area (Å²) < 4.78 is 1.75. The number of nitrogens with zero attached hydrogens (tertiary/aromatic N) is 3. The fraction of sp³-hybridized carbons (Fsp3) is 0.357. The van der Waals surface area contributed by atoms with Crippen LogP contribution < -0.4 is 10.6 Å². The summed E-state index contributed by atoms with van der Waals surface area (Å²) in [5.74, 6) is -0.156. The molecule has 0 aliphatic heterocycles. The molecule has 2 rings (SSSR count). The molecular formula is C14H19N5O. The second-order valence-corrected chi connectivity index (χ2v) is 4.49. The molecule has 20 heavy (non-hydrogen) atoms. The lowest BCUT2D eigenvalue weighted by Crippen LogP contribution is -2.26. The molecule has 1 amide bonds. The third kappa shape index (κ3) is 3.81. The summed E-state index contributed by atoms with van der Waals surface area (Å²) in [6, 6.07) is 3.57. The van der Waals surface area contributed by atoms with Crippen LogP contribution in [-0.4, -0.2) is 33.8 Å². The van der Waals surface area contributed by atoms with E-state index in [9.17, 15) is 4.79 Å². The van der Waals surface area contributed by atoms with E-state index >= 15 is 0 Å². The average molecular weight is 273 g/mol. The minimum Gasteiger partial charge on any atom is -0.384 e. The second-order valence-electron chi connectivity index (χ2n) is 4.49. The fourth-order valence-electron chi connectivity index (χ4n) is 1.85. The Kier molecular flexibility index (Phi) is 4.70. The number of nitrogens with one attached hydrogen (secondary N) is 2. The van der Waals surface area contributed by atoms with E-state index in [0.717, 1.165) is 24.2 Å². The smallest absolute Gasteiger partial charge is 0.269 e. The number of anilines is 1. The molecule has 0 radical (unpaired) electrons. The van der Waals surface area contributed by atoms with Gasteiger partial charge in [-0.1, -0.05) is 0 Å². The molecule has 2 heterocycles. The van der Waals surface area contributed by atoms with Crippen LogP contribution in [0.4, 0.5) is 5.69 Å². The van der Waals surface area contributed by atoms with Crippen LogP contribution in [0, 0.1) is 0 Å². The Hall–Kier alpha value is -2.37. The Morgan fingerprint density at radius 1 is 1.35 bits per heavy atom. The Labute approximate surface area is 118 Å². The van der Waals surface area contributed by atoms with Gasteiger partial charge >= 0.3 is 0 Å². The SMILES string of the molecule is CCNc1ccc(C(=O)NCCc2cnn(C)c2)nc1. The van der Waals surface area contributed by atoms with Crippen LogP contribution in [0.5, 0.6) is 0 Å². The lowest BCUT2D eigenvalue weighted by molar-refractivity contribution is 0.0949. The highest BCUT2D eigenvalue weighted by atomic mass is 16.1. The van der Waals surface area contributed by atoms with Crippen LogP contribution in [-0.2, 0) is 13.5 Å². The number of hydrogen-bond acceptors (Lipinski definition) is 4. The third-order valence-electron chi connectivity index (χ3n) is 2.83. The summed E-state index contributed by atoms with van der Waals surface area (Å²) in [5, 5.41) is 10.1. The van der Waals surface area contributed by atoms with Crippen LogP contribution in [0.15, 0.2) is 30.7 Å². The largest absolute Gasteiger partial charge is 0.384 e. The quantitative estimate of drug-likeness (QED) is 0.830. The predicted molar refractivity (Wildman–Crippen MR) is 77.6 cm³/mol. The molecular weight excluding hydrogens is 254 g/mol. The lowest BCUT2D eigenvalue weighted by atomic mass is 10.2. The van der Waals surface area contributed by atoms with E-state index in [1.54, 1.807) is 23.1 Å². The molecule has 6 heteroatoms. The van der Waals surface area contributed by atoms with Crippen molar-refractivity contribution in [3.63, 3.8) is 0 Å². The molecule has 0 spiro atoms. The summed E-state index contributed by atoms with van der Waals surface area (Å²) in [4.78, 5) is 16.0. The van der Waals surface area contributed by atoms with Gasteiger partial charge in [0.15, 0.2) is 0 Å². The van der Waals surface area contributed by atoms with Crippen LogP contribution >= 0.6 is 0 Å². The van der Waals surface area contributed by atoms with Gasteiger partial charge in [0.1, 0.15) is 5.69 Å². The van der Waals surface area contributed by atoms with Crippen molar-refractivity contribution < 1.29 is 4.79 Å². The Balaban J connectivity index is 1.82. The zero-order valence-electron chi connectivity index (χ0n) is 11.8. The molecule has 106 valence electrons. The number of carbonyl (C=O) groups excluding carboxylic acids is 1. The standard InChI is InChI=1S/C14H19N5O/c1-3-15-12-4-5-13(17-9-12)14(20)16-7-6-11-8-18-19(2)10-11/h4-5,8-10,15H,3,6-7H2,1-2H3,(H,16,20). The van der Waals surface area contributed by atoms with Crippen molar-refractivity contribution in [1.29, 1.82) is 0 Å². The van der Waals surface area contributed by atoms with Crippen molar-refractivity contribution in [2.75, 3.05) is 18.4 Å². The van der Waals surface area contributed by atoms with Crippen LogP contribution in [0.25, 0.3) is 0 Å². The second kappa shape index (κ2) is 6.70. The summed E-state index contributed by atoms with van der Waals surface area (Å²) >= 11 is 0. The molecule has 0 aliphatic carbocycles. The first kappa shape index (κ1) is 14.0. The van der Waals surface area contributed by atoms with Gasteiger partial charge in [0.05, 0.1) is 18.1 Å². The maximum Gasteiger partial charge on any atom is 0.269 e. The molecule has 2 N–H and O–H groups in total. The van der Waals surface area contributed by atoms with Crippen LogP contribution in [0.1, 0.15) is 23.0 Å². The molecule has 2 aromatic rings. The number of hydrogen-bond donors (Lipinski definition) is 2. The van der Waals surface area contributed by atoms with Gasteiger partial charge in [0.2, 0.25) is 0 Å². The van der Waals surface area contributed by atoms with Gasteiger partial charge in [-0.2, -0.15) is 5.10 Å². The van der Waals surface area contributed by atoms with Gasteiger partial charge in [-0.05, 0) is 31.0 Å². The van der Waals surface area contributed by atoms with Crippen LogP contribution in [0.2, 0.25) is 0 Å². The molecule has 0 bridgehead atoms. The van der Waals surface area contributed by atoms with Gasteiger partial charge in [0, 0.05) is 26.3 Å². The molecule has 0 unspecified atom stereocenters. The molecule has 6 nitrogen and oxygen atoms in total. The lowest BCUT2D eigenvalue weighted by Gasteiger charge is -2.05. The molecule has 0 fully saturated rings. The summed E-state index contributed by atoms with van der Waals surface area (Å²) in [5.41, 5.74) is 2.44. The minimum absolute atomic E-state index is 0.156. The highest BCUT2D eigenvalue weighted by Crippen LogP contribution is 2.05. The Morgan fingerprint density at radius 2 is 2.20 bits per heavy atom. The third-order valence-corrected chi connectivity index (χ3v) is 2.83. The number of pyridine rings is 1. The summed E-state index contributed by atoms with van der Waals surface area (Å²) in [6.07, 6.45) is 6.17. The zero-order valence-corrected chi connectivity index (χ0v) is 11.8. The molecule has 0 saturated carbocycles. The van der Waals surface area contributed by atoms with Gasteiger partial charge in [0.25, 0.3) is 5.91 Å². The number of carbonyl (C=O) groups is 1. The first-order valence-electron chi connectivity index (χ1n) is 6.64. The maximum atomic E-state index is 11.9. The predicted octanol–water partition coefficient (Wildman–Crippen LogP) is 1.22. The van der Waals surface area contributed by atoms with Gasteiger partial charge < -0.3 is 10.6 Å². The number of aryl methyl sites for hydroxylation is 1. The maximum absolute atomic E-state index is 11.9. The normalized spacial score (nSPS) is 10.3. The summed E-state index contributed by atoms with van der Waals surface area (Å²) in [6.45, 7) is 3.42. The van der Waals surface area contributed by atoms with Crippen molar-refractivity contribution in [3.8, 4) is 0 Å². The number of amides is 1. The Bertz CT molecular complexity index is 561. The van der Waals surface area contributed by atoms with Gasteiger partial charge in [-0.25, -0.2) is 4.98 Å². The van der Waals surface area contributed by atoms with E-state index in [1.807, 2.05) is 26.2 Å². The van der Waals surface area contributed by atoms with Crippen molar-refractivity contribution in [1.82, 2.24) is 20.1 Å². The van der Waals surface area contributed by atoms with Gasteiger partial charge in [-0.3, -0.25) is 9.48 Å². The fourth-order valence-corrected chi connectivity index (χ4v) is 1.85. The van der Waals surface area contributed by atoms with E-state index in [4.69, 9.17) is 0 Å². The molecule has 0 aliphatic rings. The van der Waals surface area contributed by atoms with Crippen molar-refractivity contribution in [3.05, 3.63) is 42.0 Å². The summed E-state index contributed by atoms with van der Waals surface area (Å²) in [7, 11) is 1.87. The first-order valence-corrected chi connectivity index (χ1v) is 6.64. The van der Waals surface area contributed by atoms with Crippen molar-refractivity contribution in [2.24, 2.45) is 7.05 Å². The van der Waals surface area contributed by atoms with Crippen molar-refractivity contribution in [2.45, 2.75) is 13.3 Å². The zero-order chi connectivity index (χ0) is 14.4. The molecule has 0 aromatic carbocycles. The Morgan fingerprint density at radius 3 is 2.80 bits per heavy atom. The van der Waals surface area contributed by atoms with E-state index in [1.165, 1.54) is 0 Å². The monoisotopic (exact) mass is 273 g/mol.